The molecule has 0 aromatic heterocycles. The highest BCUT2D eigenvalue weighted by Gasteiger charge is 2.31. The van der Waals surface area contributed by atoms with Gasteiger partial charge in [0, 0.05) is 22.4 Å². The second-order valence-corrected chi connectivity index (χ2v) is 6.41. The minimum absolute atomic E-state index is 0.0259. The van der Waals surface area contributed by atoms with E-state index >= 15 is 0 Å². The number of nitrogens with two attached hydrogens (primary N) is 1. The van der Waals surface area contributed by atoms with Crippen LogP contribution in [0.1, 0.15) is 17.9 Å². The molecule has 1 aliphatic heterocycles. The average Bonchev–Trinajstić information content (AvgIpc) is 2.44. The van der Waals surface area contributed by atoms with Gasteiger partial charge in [0.1, 0.15) is 0 Å². The maximum atomic E-state index is 11.9. The minimum Gasteiger partial charge on any atom is -0.369 e. The van der Waals surface area contributed by atoms with Gasteiger partial charge in [0.2, 0.25) is 11.8 Å². The number of rotatable bonds is 4. The number of amides is 2. The van der Waals surface area contributed by atoms with Gasteiger partial charge >= 0.3 is 0 Å². The molecule has 0 bridgehead atoms. The Balaban J connectivity index is 2.44. The molecule has 0 spiro atoms. The molecule has 1 aliphatic rings. The zero-order valence-corrected chi connectivity index (χ0v) is 13.6. The van der Waals surface area contributed by atoms with E-state index in [2.05, 4.69) is 11.4 Å². The molecule has 0 saturated carbocycles. The van der Waals surface area contributed by atoms with Gasteiger partial charge in [-0.25, -0.2) is 0 Å². The smallest absolute Gasteiger partial charge is 0.227 e. The number of nitriles is 1. The fourth-order valence-corrected chi connectivity index (χ4v) is 3.48. The molecule has 3 N–H and O–H groups in total. The molecule has 0 saturated heterocycles. The Kier molecular flexibility index (Phi) is 5.35. The number of carbonyl (C=O) groups is 2. The molecular weight excluding hydrogens is 345 g/mol. The van der Waals surface area contributed by atoms with Crippen molar-refractivity contribution in [2.45, 2.75) is 12.3 Å². The van der Waals surface area contributed by atoms with Gasteiger partial charge in [-0.05, 0) is 17.7 Å². The monoisotopic (exact) mass is 355 g/mol. The molecule has 0 fully saturated rings. The molecule has 22 heavy (non-hydrogen) atoms. The molecule has 5 nitrogen and oxygen atoms in total. The standard InChI is InChI=1S/C14H11Cl2N3O2S/c15-7-1-2-8(11(16)3-7)9-4-13(21)19-14(10(9)5-17)22-6-12(18)20/h1-3,9H,4,6H2,(H2,18,20)(H,19,21)/t9-/m1/s1. The molecule has 2 rings (SSSR count). The summed E-state index contributed by atoms with van der Waals surface area (Å²) in [6.07, 6.45) is 0.102. The summed E-state index contributed by atoms with van der Waals surface area (Å²) in [5.74, 6) is -1.28. The molecule has 1 atom stereocenters. The van der Waals surface area contributed by atoms with Gasteiger partial charge in [-0.1, -0.05) is 41.0 Å². The maximum absolute atomic E-state index is 11.9. The third kappa shape index (κ3) is 3.74. The first-order valence-corrected chi connectivity index (χ1v) is 7.96. The van der Waals surface area contributed by atoms with Gasteiger partial charge in [-0.15, -0.1) is 0 Å². The Morgan fingerprint density at radius 2 is 2.23 bits per heavy atom. The summed E-state index contributed by atoms with van der Waals surface area (Å²) in [5.41, 5.74) is 6.11. The lowest BCUT2D eigenvalue weighted by atomic mass is 9.87. The summed E-state index contributed by atoms with van der Waals surface area (Å²) in [4.78, 5) is 22.8. The van der Waals surface area contributed by atoms with Crippen molar-refractivity contribution in [1.82, 2.24) is 5.32 Å². The number of benzene rings is 1. The fraction of sp³-hybridized carbons (Fsp3) is 0.214. The third-order valence-electron chi connectivity index (χ3n) is 3.05. The van der Waals surface area contributed by atoms with E-state index in [-0.39, 0.29) is 18.1 Å². The minimum atomic E-state index is -0.532. The normalized spacial score (nSPS) is 17.9. The highest BCUT2D eigenvalue weighted by molar-refractivity contribution is 8.03. The Morgan fingerprint density at radius 3 is 2.82 bits per heavy atom. The molecule has 1 heterocycles. The van der Waals surface area contributed by atoms with E-state index in [1.54, 1.807) is 18.2 Å². The summed E-state index contributed by atoms with van der Waals surface area (Å²) in [5, 5.41) is 13.2. The van der Waals surface area contributed by atoms with Crippen LogP contribution in [-0.4, -0.2) is 17.6 Å². The first kappa shape index (κ1) is 16.7. The highest BCUT2D eigenvalue weighted by atomic mass is 35.5. The van der Waals surface area contributed by atoms with E-state index in [0.717, 1.165) is 11.8 Å². The molecular formula is C14H11Cl2N3O2S. The van der Waals surface area contributed by atoms with Crippen molar-refractivity contribution in [3.63, 3.8) is 0 Å². The first-order valence-electron chi connectivity index (χ1n) is 6.22. The third-order valence-corrected chi connectivity index (χ3v) is 4.65. The summed E-state index contributed by atoms with van der Waals surface area (Å²) >= 11 is 13.1. The fourth-order valence-electron chi connectivity index (χ4n) is 2.13. The van der Waals surface area contributed by atoms with E-state index in [1.165, 1.54) is 0 Å². The lowest BCUT2D eigenvalue weighted by molar-refractivity contribution is -0.121. The lowest BCUT2D eigenvalue weighted by Crippen LogP contribution is -2.31. The molecule has 1 aromatic carbocycles. The topological polar surface area (TPSA) is 96.0 Å². The van der Waals surface area contributed by atoms with Gasteiger partial charge < -0.3 is 11.1 Å². The van der Waals surface area contributed by atoms with Gasteiger partial charge in [0.15, 0.2) is 0 Å². The number of hydrogen-bond acceptors (Lipinski definition) is 4. The van der Waals surface area contributed by atoms with E-state index in [0.29, 0.717) is 26.2 Å². The number of nitrogens with one attached hydrogen (secondary N) is 1. The molecule has 0 radical (unpaired) electrons. The van der Waals surface area contributed by atoms with Crippen LogP contribution in [0.5, 0.6) is 0 Å². The van der Waals surface area contributed by atoms with Crippen molar-refractivity contribution in [2.24, 2.45) is 5.73 Å². The van der Waals surface area contributed by atoms with Crippen molar-refractivity contribution in [3.8, 4) is 6.07 Å². The Bertz CT molecular complexity index is 713. The highest BCUT2D eigenvalue weighted by Crippen LogP contribution is 2.39. The van der Waals surface area contributed by atoms with Crippen molar-refractivity contribution in [1.29, 1.82) is 5.26 Å². The second-order valence-electron chi connectivity index (χ2n) is 4.58. The molecule has 1 aromatic rings. The molecule has 114 valence electrons. The number of allylic oxidation sites excluding steroid dienone is 1. The largest absolute Gasteiger partial charge is 0.369 e. The number of carbonyl (C=O) groups excluding carboxylic acids is 2. The second kappa shape index (κ2) is 7.05. The van der Waals surface area contributed by atoms with Crippen molar-refractivity contribution in [2.75, 3.05) is 5.75 Å². The average molecular weight is 356 g/mol. The number of halogens is 2. The van der Waals surface area contributed by atoms with Gasteiger partial charge in [0.05, 0.1) is 22.4 Å². The van der Waals surface area contributed by atoms with Crippen LogP contribution in [0.3, 0.4) is 0 Å². The van der Waals surface area contributed by atoms with Crippen LogP contribution < -0.4 is 11.1 Å². The van der Waals surface area contributed by atoms with Crippen molar-refractivity contribution >= 4 is 46.8 Å². The molecule has 0 aliphatic carbocycles. The summed E-state index contributed by atoms with van der Waals surface area (Å²) < 4.78 is 0. The lowest BCUT2D eigenvalue weighted by Gasteiger charge is -2.25. The summed E-state index contributed by atoms with van der Waals surface area (Å²) in [7, 11) is 0. The zero-order valence-electron chi connectivity index (χ0n) is 11.2. The van der Waals surface area contributed by atoms with E-state index in [1.807, 2.05) is 0 Å². The molecule has 8 heteroatoms. The number of primary amides is 1. The first-order chi connectivity index (χ1) is 10.4. The van der Waals surface area contributed by atoms with Gasteiger partial charge in [-0.3, -0.25) is 9.59 Å². The Morgan fingerprint density at radius 1 is 1.50 bits per heavy atom. The summed E-state index contributed by atoms with van der Waals surface area (Å²) in [6.45, 7) is 0. The summed E-state index contributed by atoms with van der Waals surface area (Å²) in [6, 6.07) is 7.00. The van der Waals surface area contributed by atoms with Crippen molar-refractivity contribution in [3.05, 3.63) is 44.4 Å². The zero-order chi connectivity index (χ0) is 16.3. The quantitative estimate of drug-likeness (QED) is 0.867. The van der Waals surface area contributed by atoms with Crippen LogP contribution >= 0.6 is 35.0 Å². The predicted molar refractivity (Wildman–Crippen MR) is 86.3 cm³/mol. The van der Waals surface area contributed by atoms with Crippen LogP contribution in [0.4, 0.5) is 0 Å². The van der Waals surface area contributed by atoms with Crippen LogP contribution in [-0.2, 0) is 9.59 Å². The SMILES string of the molecule is N#CC1=C(SCC(N)=O)NC(=O)C[C@@H]1c1ccc(Cl)cc1Cl. The van der Waals surface area contributed by atoms with Crippen molar-refractivity contribution < 1.29 is 9.59 Å². The number of thioether (sulfide) groups is 1. The van der Waals surface area contributed by atoms with Crippen LogP contribution in [0.15, 0.2) is 28.8 Å². The number of hydrogen-bond donors (Lipinski definition) is 2. The number of nitrogens with zero attached hydrogens (tertiary/aromatic N) is 1. The van der Waals surface area contributed by atoms with Gasteiger partial charge in [-0.2, -0.15) is 5.26 Å². The Hall–Kier alpha value is -1.68. The van der Waals surface area contributed by atoms with Gasteiger partial charge in [0.25, 0.3) is 0 Å². The van der Waals surface area contributed by atoms with Crippen LogP contribution in [0.2, 0.25) is 10.0 Å². The van der Waals surface area contributed by atoms with Crippen LogP contribution in [0.25, 0.3) is 0 Å². The Labute approximate surface area is 141 Å². The van der Waals surface area contributed by atoms with E-state index < -0.39 is 11.8 Å². The maximum Gasteiger partial charge on any atom is 0.227 e. The molecule has 0 unspecified atom stereocenters. The van der Waals surface area contributed by atoms with Crippen LogP contribution in [0, 0.1) is 11.3 Å². The predicted octanol–water partition coefficient (Wildman–Crippen LogP) is 2.55. The molecule has 2 amide bonds. The van der Waals surface area contributed by atoms with E-state index in [4.69, 9.17) is 28.9 Å². The van der Waals surface area contributed by atoms with E-state index in [9.17, 15) is 14.9 Å².